The molecule has 2 N–H and O–H groups in total. The molecule has 0 heterocycles. The maximum atomic E-state index is 13.4. The smallest absolute Gasteiger partial charge is 0.243 e. The number of unbranched alkanes of at least 4 members (excludes halogenated alkanes) is 4. The van der Waals surface area contributed by atoms with E-state index in [1.54, 1.807) is 33.2 Å². The number of Topliss-reactive ketones (excluding diaryl/α,β-unsaturated/α-hetero) is 1. The number of carbonyl (C=O) groups excluding carboxylic acids is 4. The van der Waals surface area contributed by atoms with Crippen LogP contribution in [0.15, 0.2) is 24.3 Å². The number of ether oxygens (including phenoxy) is 1. The van der Waals surface area contributed by atoms with Gasteiger partial charge in [0.15, 0.2) is 0 Å². The maximum Gasteiger partial charge on any atom is 0.243 e. The Labute approximate surface area is 216 Å². The molecule has 202 valence electrons. The van der Waals surface area contributed by atoms with Gasteiger partial charge in [-0.3, -0.25) is 19.2 Å². The van der Waals surface area contributed by atoms with Gasteiger partial charge in [0, 0.05) is 26.9 Å². The molecule has 0 spiro atoms. The van der Waals surface area contributed by atoms with Crippen molar-refractivity contribution >= 4 is 23.5 Å². The van der Waals surface area contributed by atoms with Gasteiger partial charge < -0.3 is 20.3 Å². The first kappa shape index (κ1) is 31.1. The van der Waals surface area contributed by atoms with Gasteiger partial charge in [0.05, 0.1) is 13.0 Å². The van der Waals surface area contributed by atoms with Crippen molar-refractivity contribution in [1.29, 1.82) is 0 Å². The van der Waals surface area contributed by atoms with Gasteiger partial charge in [-0.15, -0.1) is 0 Å². The van der Waals surface area contributed by atoms with E-state index >= 15 is 0 Å². The molecule has 0 saturated heterocycles. The van der Waals surface area contributed by atoms with Crippen LogP contribution in [0.25, 0.3) is 0 Å². The lowest BCUT2D eigenvalue weighted by molar-refractivity contribution is -0.145. The van der Waals surface area contributed by atoms with E-state index in [4.69, 9.17) is 4.74 Å². The van der Waals surface area contributed by atoms with Crippen molar-refractivity contribution in [3.63, 3.8) is 0 Å². The molecule has 8 heteroatoms. The summed E-state index contributed by atoms with van der Waals surface area (Å²) in [5, 5.41) is 5.39. The maximum absolute atomic E-state index is 13.4. The molecule has 3 amide bonds. The molecule has 1 aromatic carbocycles. The summed E-state index contributed by atoms with van der Waals surface area (Å²) >= 11 is 0. The van der Waals surface area contributed by atoms with Gasteiger partial charge in [-0.2, -0.15) is 0 Å². The predicted molar refractivity (Wildman–Crippen MR) is 142 cm³/mol. The molecule has 0 bridgehead atoms. The second-order valence-electron chi connectivity index (χ2n) is 9.71. The van der Waals surface area contributed by atoms with Crippen LogP contribution in [0.1, 0.15) is 71.8 Å². The number of methoxy groups -OCH3 is 1. The van der Waals surface area contributed by atoms with Crippen molar-refractivity contribution in [3.05, 3.63) is 29.8 Å². The van der Waals surface area contributed by atoms with E-state index in [0.29, 0.717) is 12.2 Å². The number of likely N-dealkylation sites (N-methyl/N-ethyl adjacent to an activating group) is 2. The number of carbonyl (C=O) groups is 4. The third-order valence-corrected chi connectivity index (χ3v) is 6.58. The largest absolute Gasteiger partial charge is 0.497 e. The van der Waals surface area contributed by atoms with E-state index in [1.807, 2.05) is 26.0 Å². The Kier molecular flexibility index (Phi) is 13.8. The Morgan fingerprint density at radius 3 is 2.08 bits per heavy atom. The van der Waals surface area contributed by atoms with Crippen LogP contribution in [0, 0.1) is 11.8 Å². The van der Waals surface area contributed by atoms with Crippen LogP contribution in [-0.4, -0.2) is 61.7 Å². The van der Waals surface area contributed by atoms with Gasteiger partial charge in [0.2, 0.25) is 17.7 Å². The van der Waals surface area contributed by atoms with Crippen LogP contribution in [0.2, 0.25) is 0 Å². The first-order chi connectivity index (χ1) is 17.1. The minimum Gasteiger partial charge on any atom is -0.497 e. The highest BCUT2D eigenvalue weighted by Crippen LogP contribution is 2.18. The quantitative estimate of drug-likeness (QED) is 0.265. The van der Waals surface area contributed by atoms with Gasteiger partial charge in [-0.25, -0.2) is 0 Å². The number of hydrogen-bond acceptors (Lipinski definition) is 5. The van der Waals surface area contributed by atoms with E-state index < -0.39 is 29.8 Å². The topological polar surface area (TPSA) is 105 Å². The van der Waals surface area contributed by atoms with Crippen molar-refractivity contribution in [2.24, 2.45) is 11.8 Å². The van der Waals surface area contributed by atoms with Crippen molar-refractivity contribution in [2.45, 2.75) is 84.7 Å². The lowest BCUT2D eigenvalue weighted by Crippen LogP contribution is -2.56. The molecular weight excluding hydrogens is 458 g/mol. The van der Waals surface area contributed by atoms with Crippen LogP contribution in [-0.2, 0) is 25.6 Å². The van der Waals surface area contributed by atoms with Gasteiger partial charge >= 0.3 is 0 Å². The summed E-state index contributed by atoms with van der Waals surface area (Å²) in [4.78, 5) is 53.1. The number of nitrogens with one attached hydrogen (secondary N) is 2. The van der Waals surface area contributed by atoms with Crippen molar-refractivity contribution < 1.29 is 23.9 Å². The number of rotatable bonds is 16. The number of nitrogens with zero attached hydrogens (tertiary/aromatic N) is 1. The first-order valence-electron chi connectivity index (χ1n) is 13.0. The Balaban J connectivity index is 3.07. The minimum absolute atomic E-state index is 0.114. The molecule has 0 fully saturated rings. The minimum atomic E-state index is -0.892. The summed E-state index contributed by atoms with van der Waals surface area (Å²) in [6.07, 6.45) is 5.66. The second-order valence-corrected chi connectivity index (χ2v) is 9.71. The molecule has 1 rings (SSSR count). The highest BCUT2D eigenvalue weighted by molar-refractivity contribution is 6.02. The summed E-state index contributed by atoms with van der Waals surface area (Å²) in [6, 6.07) is 5.61. The molecule has 1 aromatic rings. The molecule has 0 unspecified atom stereocenters. The predicted octanol–water partition coefficient (Wildman–Crippen LogP) is 3.52. The molecule has 0 aliphatic carbocycles. The molecule has 0 radical (unpaired) electrons. The van der Waals surface area contributed by atoms with Crippen LogP contribution in [0.5, 0.6) is 5.75 Å². The van der Waals surface area contributed by atoms with Crippen molar-refractivity contribution in [3.8, 4) is 5.75 Å². The van der Waals surface area contributed by atoms with E-state index in [-0.39, 0.29) is 24.0 Å². The first-order valence-corrected chi connectivity index (χ1v) is 13.0. The molecule has 36 heavy (non-hydrogen) atoms. The number of benzene rings is 1. The zero-order valence-corrected chi connectivity index (χ0v) is 23.1. The van der Waals surface area contributed by atoms with Crippen molar-refractivity contribution in [1.82, 2.24) is 15.5 Å². The fourth-order valence-corrected chi connectivity index (χ4v) is 4.05. The summed E-state index contributed by atoms with van der Waals surface area (Å²) in [5.41, 5.74) is 0.826. The Morgan fingerprint density at radius 1 is 0.944 bits per heavy atom. The summed E-state index contributed by atoms with van der Waals surface area (Å²) < 4.78 is 5.21. The molecule has 0 saturated carbocycles. The van der Waals surface area contributed by atoms with Crippen LogP contribution < -0.4 is 15.4 Å². The Morgan fingerprint density at radius 2 is 1.56 bits per heavy atom. The fraction of sp³-hybridized carbons (Fsp3) is 0.643. The summed E-state index contributed by atoms with van der Waals surface area (Å²) in [5.74, 6) is -1.57. The van der Waals surface area contributed by atoms with E-state index in [1.165, 1.54) is 11.9 Å². The lowest BCUT2D eigenvalue weighted by Gasteiger charge is -2.31. The number of ketones is 1. The van der Waals surface area contributed by atoms with Gasteiger partial charge in [-0.1, -0.05) is 58.6 Å². The van der Waals surface area contributed by atoms with Gasteiger partial charge in [-0.05, 0) is 37.0 Å². The normalized spacial score (nSPS) is 13.4. The van der Waals surface area contributed by atoms with Crippen LogP contribution >= 0.6 is 0 Å². The highest BCUT2D eigenvalue weighted by atomic mass is 16.5. The van der Waals surface area contributed by atoms with Crippen molar-refractivity contribution in [2.75, 3.05) is 21.2 Å². The molecule has 3 atom stereocenters. The zero-order valence-electron chi connectivity index (χ0n) is 23.1. The van der Waals surface area contributed by atoms with Gasteiger partial charge in [0.1, 0.15) is 23.6 Å². The number of hydrogen-bond donors (Lipinski definition) is 2. The molecular formula is C28H45N3O5. The zero-order chi connectivity index (χ0) is 27.3. The summed E-state index contributed by atoms with van der Waals surface area (Å²) in [7, 11) is 4.64. The monoisotopic (exact) mass is 503 g/mol. The lowest BCUT2D eigenvalue weighted by atomic mass is 9.96. The highest BCUT2D eigenvalue weighted by Gasteiger charge is 2.34. The van der Waals surface area contributed by atoms with E-state index in [2.05, 4.69) is 17.6 Å². The number of amides is 3. The summed E-state index contributed by atoms with van der Waals surface area (Å²) in [6.45, 7) is 7.43. The standard InChI is InChI=1S/C28H45N3O5/c1-8-9-10-11-12-13-24(32)20(4)28(35)31(6)23(18-21-14-16-22(36-7)17-15-21)26(33)30-25(19(2)3)27(34)29-5/h14-17,19-20,23,25H,8-13,18H2,1-7H3,(H,29,34)(H,30,33)/t20-,23+,25-/m0/s1. The van der Waals surface area contributed by atoms with E-state index in [0.717, 1.165) is 37.7 Å². The molecule has 0 aromatic heterocycles. The second kappa shape index (κ2) is 16.0. The Hall–Kier alpha value is -2.90. The fourth-order valence-electron chi connectivity index (χ4n) is 4.05. The van der Waals surface area contributed by atoms with Gasteiger partial charge in [0.25, 0.3) is 0 Å². The average Bonchev–Trinajstić information content (AvgIpc) is 2.88. The third-order valence-electron chi connectivity index (χ3n) is 6.58. The van der Waals surface area contributed by atoms with Crippen LogP contribution in [0.3, 0.4) is 0 Å². The van der Waals surface area contributed by atoms with E-state index in [9.17, 15) is 19.2 Å². The van der Waals surface area contributed by atoms with Crippen LogP contribution in [0.4, 0.5) is 0 Å². The average molecular weight is 504 g/mol. The third kappa shape index (κ3) is 9.63. The molecule has 8 nitrogen and oxygen atoms in total. The molecule has 0 aliphatic rings. The Bertz CT molecular complexity index is 853. The SMILES string of the molecule is CCCCCCCC(=O)[C@H](C)C(=O)N(C)[C@H](Cc1ccc(OC)cc1)C(=O)N[C@H](C(=O)NC)C(C)C. The molecule has 0 aliphatic heterocycles.